The predicted molar refractivity (Wildman–Crippen MR) is 40.9 cm³/mol. The van der Waals surface area contributed by atoms with Gasteiger partial charge in [-0.1, -0.05) is 0 Å². The minimum Gasteiger partial charge on any atom is -0.348 e. The molecule has 1 rings (SSSR count). The van der Waals surface area contributed by atoms with E-state index in [-0.39, 0.29) is 12.3 Å². The second-order valence-electron chi connectivity index (χ2n) is 2.23. The van der Waals surface area contributed by atoms with E-state index in [4.69, 9.17) is 12.2 Å². The maximum absolute atomic E-state index is 4.90. The monoisotopic (exact) mass is 145 g/mol. The molecule has 3 nitrogen and oxygen atoms in total. The van der Waals surface area contributed by atoms with Gasteiger partial charge < -0.3 is 10.6 Å². The lowest BCUT2D eigenvalue weighted by atomic mass is 10.4. The molecule has 9 heavy (non-hydrogen) atoms. The van der Waals surface area contributed by atoms with Gasteiger partial charge in [-0.25, -0.2) is 0 Å². The number of nitrogens with one attached hydrogen (secondary N) is 3. The van der Waals surface area contributed by atoms with Gasteiger partial charge in [-0.3, -0.25) is 5.32 Å². The molecule has 0 aliphatic carbocycles. The van der Waals surface area contributed by atoms with Crippen LogP contribution in [0.15, 0.2) is 0 Å². The fourth-order valence-corrected chi connectivity index (χ4v) is 1.25. The highest BCUT2D eigenvalue weighted by Crippen LogP contribution is 1.87. The molecule has 1 fully saturated rings. The second kappa shape index (κ2) is 2.49. The highest BCUT2D eigenvalue weighted by atomic mass is 32.1. The van der Waals surface area contributed by atoms with Crippen molar-refractivity contribution >= 4 is 17.3 Å². The van der Waals surface area contributed by atoms with Gasteiger partial charge >= 0.3 is 0 Å². The van der Waals surface area contributed by atoms with Crippen LogP contribution >= 0.6 is 12.2 Å². The predicted octanol–water partition coefficient (Wildman–Crippen LogP) is -0.254. The molecule has 0 aromatic heterocycles. The normalized spacial score (nSPS) is 35.1. The molecule has 1 saturated heterocycles. The lowest BCUT2D eigenvalue weighted by molar-refractivity contribution is 0.392. The number of hydrogen-bond acceptors (Lipinski definition) is 2. The van der Waals surface area contributed by atoms with Crippen LogP contribution in [0.25, 0.3) is 0 Å². The molecule has 3 N–H and O–H groups in total. The maximum atomic E-state index is 4.90. The van der Waals surface area contributed by atoms with Gasteiger partial charge in [0.25, 0.3) is 0 Å². The van der Waals surface area contributed by atoms with Crippen molar-refractivity contribution in [1.29, 1.82) is 0 Å². The molecule has 2 atom stereocenters. The third-order valence-electron chi connectivity index (χ3n) is 1.20. The zero-order valence-corrected chi connectivity index (χ0v) is 6.38. The Bertz CT molecular complexity index is 113. The van der Waals surface area contributed by atoms with Crippen molar-refractivity contribution in [2.75, 3.05) is 0 Å². The van der Waals surface area contributed by atoms with Gasteiger partial charge in [0, 0.05) is 0 Å². The topological polar surface area (TPSA) is 36.1 Å². The van der Waals surface area contributed by atoms with Crippen molar-refractivity contribution in [3.8, 4) is 0 Å². The molecule has 0 saturated carbocycles. The van der Waals surface area contributed by atoms with E-state index in [0.717, 1.165) is 5.11 Å². The van der Waals surface area contributed by atoms with Crippen LogP contribution in [0.5, 0.6) is 0 Å². The van der Waals surface area contributed by atoms with Gasteiger partial charge in [0.05, 0.1) is 12.3 Å². The highest BCUT2D eigenvalue weighted by Gasteiger charge is 2.13. The summed E-state index contributed by atoms with van der Waals surface area (Å²) in [6.07, 6.45) is 0.572. The van der Waals surface area contributed by atoms with Crippen LogP contribution in [0.1, 0.15) is 13.8 Å². The van der Waals surface area contributed by atoms with Gasteiger partial charge in [0.15, 0.2) is 5.11 Å². The second-order valence-corrected chi connectivity index (χ2v) is 2.64. The Kier molecular flexibility index (Phi) is 1.87. The smallest absolute Gasteiger partial charge is 0.168 e. The van der Waals surface area contributed by atoms with Gasteiger partial charge in [0.2, 0.25) is 0 Å². The Balaban J connectivity index is 2.43. The Morgan fingerprint density at radius 1 is 1.22 bits per heavy atom. The highest BCUT2D eigenvalue weighted by molar-refractivity contribution is 7.80. The summed E-state index contributed by atoms with van der Waals surface area (Å²) in [5.74, 6) is 0. The molecule has 1 aliphatic rings. The van der Waals surface area contributed by atoms with Gasteiger partial charge in [-0.05, 0) is 26.1 Å². The number of thiocarbonyl (C=S) groups is 1. The zero-order valence-electron chi connectivity index (χ0n) is 5.56. The Morgan fingerprint density at radius 2 is 1.67 bits per heavy atom. The first-order chi connectivity index (χ1) is 4.18. The fourth-order valence-electron chi connectivity index (χ4n) is 0.893. The summed E-state index contributed by atoms with van der Waals surface area (Å²) in [7, 11) is 0. The molecule has 0 radical (unpaired) electrons. The van der Waals surface area contributed by atoms with E-state index in [0.29, 0.717) is 0 Å². The van der Waals surface area contributed by atoms with Crippen molar-refractivity contribution in [3.05, 3.63) is 0 Å². The lowest BCUT2D eigenvalue weighted by Gasteiger charge is -2.30. The van der Waals surface area contributed by atoms with E-state index < -0.39 is 0 Å². The molecular formula is C5H11N3S. The minimum atomic E-state index is 0.286. The van der Waals surface area contributed by atoms with Crippen LogP contribution in [-0.2, 0) is 0 Å². The first-order valence-corrected chi connectivity index (χ1v) is 3.42. The van der Waals surface area contributed by atoms with E-state index in [9.17, 15) is 0 Å². The first-order valence-electron chi connectivity index (χ1n) is 3.01. The largest absolute Gasteiger partial charge is 0.348 e. The average molecular weight is 145 g/mol. The van der Waals surface area contributed by atoms with Crippen molar-refractivity contribution in [2.24, 2.45) is 0 Å². The van der Waals surface area contributed by atoms with Crippen LogP contribution in [0.4, 0.5) is 0 Å². The Labute approximate surface area is 60.2 Å². The SMILES string of the molecule is C[C@H]1NC(=S)N[C@H](C)N1. The fraction of sp³-hybridized carbons (Fsp3) is 0.800. The summed E-state index contributed by atoms with van der Waals surface area (Å²) in [5.41, 5.74) is 0. The molecule has 4 heteroatoms. The van der Waals surface area contributed by atoms with E-state index in [1.165, 1.54) is 0 Å². The third-order valence-corrected chi connectivity index (χ3v) is 1.43. The van der Waals surface area contributed by atoms with Crippen molar-refractivity contribution in [2.45, 2.75) is 26.2 Å². The summed E-state index contributed by atoms with van der Waals surface area (Å²) in [5, 5.41) is 9.97. The summed E-state index contributed by atoms with van der Waals surface area (Å²) in [6.45, 7) is 4.06. The van der Waals surface area contributed by atoms with Crippen LogP contribution in [0, 0.1) is 0 Å². The summed E-state index contributed by atoms with van der Waals surface area (Å²) >= 11 is 4.90. The minimum absolute atomic E-state index is 0.286. The molecule has 0 bridgehead atoms. The molecule has 0 spiro atoms. The Morgan fingerprint density at radius 3 is 2.00 bits per heavy atom. The zero-order chi connectivity index (χ0) is 6.85. The standard InChI is InChI=1S/C5H11N3S/c1-3-6-4(2)8-5(9)7-3/h3-4,6H,1-2H3,(H2,7,8,9)/t3-,4-/m1/s1. The van der Waals surface area contributed by atoms with Crippen molar-refractivity contribution < 1.29 is 0 Å². The maximum Gasteiger partial charge on any atom is 0.168 e. The number of rotatable bonds is 0. The van der Waals surface area contributed by atoms with Gasteiger partial charge in [0.1, 0.15) is 0 Å². The van der Waals surface area contributed by atoms with Crippen LogP contribution < -0.4 is 16.0 Å². The van der Waals surface area contributed by atoms with Crippen LogP contribution in [0.3, 0.4) is 0 Å². The molecule has 52 valence electrons. The molecule has 0 amide bonds. The van der Waals surface area contributed by atoms with E-state index >= 15 is 0 Å². The van der Waals surface area contributed by atoms with Crippen molar-refractivity contribution in [1.82, 2.24) is 16.0 Å². The first kappa shape index (κ1) is 6.77. The molecule has 1 heterocycles. The lowest BCUT2D eigenvalue weighted by Crippen LogP contribution is -2.62. The molecular weight excluding hydrogens is 134 g/mol. The quantitative estimate of drug-likeness (QED) is 0.411. The summed E-state index contributed by atoms with van der Waals surface area (Å²) in [6, 6.07) is 0. The van der Waals surface area contributed by atoms with Crippen molar-refractivity contribution in [3.63, 3.8) is 0 Å². The van der Waals surface area contributed by atoms with Crippen LogP contribution in [0.2, 0.25) is 0 Å². The summed E-state index contributed by atoms with van der Waals surface area (Å²) in [4.78, 5) is 0. The average Bonchev–Trinajstić information content (AvgIpc) is 1.59. The molecule has 0 aromatic carbocycles. The van der Waals surface area contributed by atoms with Crippen LogP contribution in [-0.4, -0.2) is 17.4 Å². The molecule has 0 aromatic rings. The van der Waals surface area contributed by atoms with E-state index in [2.05, 4.69) is 16.0 Å². The Hall–Kier alpha value is -0.350. The van der Waals surface area contributed by atoms with E-state index in [1.54, 1.807) is 0 Å². The molecule has 1 aliphatic heterocycles. The van der Waals surface area contributed by atoms with E-state index in [1.807, 2.05) is 13.8 Å². The number of hydrogen-bond donors (Lipinski definition) is 3. The summed E-state index contributed by atoms with van der Waals surface area (Å²) < 4.78 is 0. The third kappa shape index (κ3) is 1.80. The molecule has 0 unspecified atom stereocenters. The van der Waals surface area contributed by atoms with Gasteiger partial charge in [-0.2, -0.15) is 0 Å². The van der Waals surface area contributed by atoms with Gasteiger partial charge in [-0.15, -0.1) is 0 Å².